The lowest BCUT2D eigenvalue weighted by molar-refractivity contribution is -0.131. The average Bonchev–Trinajstić information content (AvgIpc) is 3.40. The second-order valence-corrected chi connectivity index (χ2v) is 8.11. The fourth-order valence-electron chi connectivity index (χ4n) is 4.36. The van der Waals surface area contributed by atoms with Crippen molar-refractivity contribution in [2.24, 2.45) is 5.41 Å². The van der Waals surface area contributed by atoms with Crippen LogP contribution >= 0.6 is 0 Å². The number of rotatable bonds is 4. The van der Waals surface area contributed by atoms with E-state index in [4.69, 9.17) is 4.74 Å². The number of benzene rings is 1. The van der Waals surface area contributed by atoms with E-state index >= 15 is 0 Å². The molecule has 0 radical (unpaired) electrons. The van der Waals surface area contributed by atoms with Crippen LogP contribution in [0, 0.1) is 11.2 Å². The molecule has 1 unspecified atom stereocenters. The van der Waals surface area contributed by atoms with E-state index in [0.717, 1.165) is 30.6 Å². The van der Waals surface area contributed by atoms with Crippen molar-refractivity contribution in [1.29, 1.82) is 0 Å². The Labute approximate surface area is 168 Å². The van der Waals surface area contributed by atoms with Gasteiger partial charge < -0.3 is 10.1 Å². The van der Waals surface area contributed by atoms with Gasteiger partial charge in [-0.1, -0.05) is 6.42 Å². The van der Waals surface area contributed by atoms with Crippen LogP contribution in [0.1, 0.15) is 37.8 Å². The zero-order chi connectivity index (χ0) is 20.0. The van der Waals surface area contributed by atoms with E-state index in [1.54, 1.807) is 29.3 Å². The van der Waals surface area contributed by atoms with Crippen molar-refractivity contribution in [3.63, 3.8) is 0 Å². The third-order valence-electron chi connectivity index (χ3n) is 6.25. The van der Waals surface area contributed by atoms with Crippen molar-refractivity contribution in [2.45, 2.75) is 50.7 Å². The Kier molecular flexibility index (Phi) is 4.26. The van der Waals surface area contributed by atoms with Gasteiger partial charge >= 0.3 is 6.09 Å². The van der Waals surface area contributed by atoms with Gasteiger partial charge in [0.15, 0.2) is 0 Å². The van der Waals surface area contributed by atoms with Crippen molar-refractivity contribution in [3.05, 3.63) is 54.1 Å². The van der Waals surface area contributed by atoms with Crippen LogP contribution in [0.3, 0.4) is 0 Å². The zero-order valence-electron chi connectivity index (χ0n) is 15.9. The quantitative estimate of drug-likeness (QED) is 0.848. The summed E-state index contributed by atoms with van der Waals surface area (Å²) in [6.07, 6.45) is 5.88. The number of amides is 2. The largest absolute Gasteiger partial charge is 0.446 e. The van der Waals surface area contributed by atoms with Crippen molar-refractivity contribution >= 4 is 23.4 Å². The Hall–Kier alpha value is -2.96. The average molecular weight is 395 g/mol. The highest BCUT2D eigenvalue weighted by Gasteiger charge is 2.56. The number of hydrogen-bond donors (Lipinski definition) is 1. The number of hydrogen-bond acceptors (Lipinski definition) is 4. The van der Waals surface area contributed by atoms with E-state index in [1.807, 2.05) is 6.07 Å². The van der Waals surface area contributed by atoms with Gasteiger partial charge in [0.05, 0.1) is 22.8 Å². The molecule has 1 N–H and O–H groups in total. The van der Waals surface area contributed by atoms with Crippen molar-refractivity contribution in [3.8, 4) is 0 Å². The van der Waals surface area contributed by atoms with Crippen LogP contribution in [-0.2, 0) is 16.0 Å². The molecule has 5 rings (SSSR count). The van der Waals surface area contributed by atoms with Crippen molar-refractivity contribution in [2.75, 3.05) is 10.2 Å². The van der Waals surface area contributed by atoms with Gasteiger partial charge in [-0.25, -0.2) is 9.18 Å². The fourth-order valence-corrected chi connectivity index (χ4v) is 4.36. The fraction of sp³-hybridized carbons (Fsp3) is 0.409. The molecule has 2 aliphatic carbocycles. The summed E-state index contributed by atoms with van der Waals surface area (Å²) in [6, 6.07) is 9.04. The van der Waals surface area contributed by atoms with Gasteiger partial charge in [-0.15, -0.1) is 0 Å². The lowest BCUT2D eigenvalue weighted by Crippen LogP contribution is -2.58. The van der Waals surface area contributed by atoms with Gasteiger partial charge in [0, 0.05) is 18.3 Å². The summed E-state index contributed by atoms with van der Waals surface area (Å²) in [5.74, 6) is -0.495. The van der Waals surface area contributed by atoms with Gasteiger partial charge in [-0.3, -0.25) is 14.7 Å². The molecule has 2 aromatic rings. The number of anilines is 2. The molecule has 1 atom stereocenters. The molecule has 7 heteroatoms. The van der Waals surface area contributed by atoms with Crippen LogP contribution in [0.15, 0.2) is 42.6 Å². The lowest BCUT2D eigenvalue weighted by Gasteiger charge is -2.47. The molecular weight excluding hydrogens is 373 g/mol. The number of aromatic nitrogens is 1. The van der Waals surface area contributed by atoms with Gasteiger partial charge in [-0.2, -0.15) is 0 Å². The number of nitrogens with zero attached hydrogens (tertiary/aromatic N) is 2. The molecule has 1 aromatic heterocycles. The van der Waals surface area contributed by atoms with E-state index in [0.29, 0.717) is 24.9 Å². The maximum Gasteiger partial charge on any atom is 0.414 e. The van der Waals surface area contributed by atoms with Gasteiger partial charge in [-0.05, 0) is 62.1 Å². The number of halogens is 1. The number of carbonyl (C=O) groups excluding carboxylic acids is 2. The number of fused-ring (bicyclic) bond motifs is 1. The number of nitrogens with one attached hydrogen (secondary N) is 1. The van der Waals surface area contributed by atoms with E-state index < -0.39 is 11.5 Å². The summed E-state index contributed by atoms with van der Waals surface area (Å²) in [6.45, 7) is 0. The van der Waals surface area contributed by atoms with E-state index in [9.17, 15) is 14.0 Å². The highest BCUT2D eigenvalue weighted by molar-refractivity contribution is 5.99. The van der Waals surface area contributed by atoms with Gasteiger partial charge in [0.25, 0.3) is 0 Å². The van der Waals surface area contributed by atoms with Crippen LogP contribution in [0.2, 0.25) is 0 Å². The Morgan fingerprint density at radius 1 is 1.17 bits per heavy atom. The molecule has 2 heterocycles. The lowest BCUT2D eigenvalue weighted by atomic mass is 9.62. The van der Waals surface area contributed by atoms with Crippen LogP contribution in [0.5, 0.6) is 0 Å². The molecule has 1 aliphatic heterocycles. The van der Waals surface area contributed by atoms with Gasteiger partial charge in [0.1, 0.15) is 11.9 Å². The molecule has 2 amide bonds. The molecule has 0 bridgehead atoms. The molecule has 2 saturated carbocycles. The van der Waals surface area contributed by atoms with E-state index in [1.165, 1.54) is 12.1 Å². The third kappa shape index (κ3) is 3.14. The molecule has 3 aliphatic rings. The van der Waals surface area contributed by atoms with E-state index in [-0.39, 0.29) is 23.9 Å². The predicted octanol–water partition coefficient (Wildman–Crippen LogP) is 4.06. The molecule has 29 heavy (non-hydrogen) atoms. The van der Waals surface area contributed by atoms with Crippen molar-refractivity contribution < 1.29 is 18.7 Å². The summed E-state index contributed by atoms with van der Waals surface area (Å²) in [5, 5.41) is 2.92. The molecule has 1 aromatic carbocycles. The zero-order valence-corrected chi connectivity index (χ0v) is 15.9. The first kappa shape index (κ1) is 18.1. The van der Waals surface area contributed by atoms with Crippen LogP contribution in [0.25, 0.3) is 0 Å². The smallest absolute Gasteiger partial charge is 0.414 e. The first-order valence-corrected chi connectivity index (χ1v) is 10.1. The first-order chi connectivity index (χ1) is 14.1. The second kappa shape index (κ2) is 6.83. The summed E-state index contributed by atoms with van der Waals surface area (Å²) in [5.41, 5.74) is 1.37. The highest BCUT2D eigenvalue weighted by Crippen LogP contribution is 2.51. The Balaban J connectivity index is 1.45. The summed E-state index contributed by atoms with van der Waals surface area (Å²) < 4.78 is 18.8. The van der Waals surface area contributed by atoms with Crippen molar-refractivity contribution in [1.82, 2.24) is 4.98 Å². The summed E-state index contributed by atoms with van der Waals surface area (Å²) in [4.78, 5) is 32.4. The minimum atomic E-state index is -0.711. The Morgan fingerprint density at radius 3 is 2.59 bits per heavy atom. The van der Waals surface area contributed by atoms with Gasteiger partial charge in [0.2, 0.25) is 5.91 Å². The maximum absolute atomic E-state index is 13.3. The topological polar surface area (TPSA) is 71.5 Å². The molecule has 6 nitrogen and oxygen atoms in total. The molecule has 0 saturated heterocycles. The highest BCUT2D eigenvalue weighted by atomic mass is 19.1. The SMILES string of the molecule is O=C(OC1CC1)N1c2cccnc2CC1C1(C(=O)Nc2ccc(F)cc2)CCC1. The first-order valence-electron chi connectivity index (χ1n) is 10.1. The number of ether oxygens (including phenoxy) is 1. The summed E-state index contributed by atoms with van der Waals surface area (Å²) >= 11 is 0. The Bertz CT molecular complexity index is 954. The standard InChI is InChI=1S/C22H22FN3O3/c23-14-4-6-15(7-5-14)25-20(27)22(10-2-11-22)19-13-17-18(3-1-12-24-17)26(19)21(28)29-16-8-9-16/h1,3-7,12,16,19H,2,8-11,13H2,(H,25,27). The van der Waals surface area contributed by atoms with Crippen LogP contribution < -0.4 is 10.2 Å². The molecular formula is C22H22FN3O3. The molecule has 150 valence electrons. The summed E-state index contributed by atoms with van der Waals surface area (Å²) in [7, 11) is 0. The van der Waals surface area contributed by atoms with E-state index in [2.05, 4.69) is 10.3 Å². The normalized spacial score (nSPS) is 21.8. The third-order valence-corrected chi connectivity index (χ3v) is 6.25. The minimum Gasteiger partial charge on any atom is -0.446 e. The number of carbonyl (C=O) groups is 2. The Morgan fingerprint density at radius 2 is 1.93 bits per heavy atom. The monoisotopic (exact) mass is 395 g/mol. The minimum absolute atomic E-state index is 0.0192. The predicted molar refractivity (Wildman–Crippen MR) is 105 cm³/mol. The van der Waals surface area contributed by atoms with Crippen LogP contribution in [-0.4, -0.2) is 29.1 Å². The molecule has 0 spiro atoms. The second-order valence-electron chi connectivity index (χ2n) is 8.11. The number of pyridine rings is 1. The van der Waals surface area contributed by atoms with Crippen LogP contribution in [0.4, 0.5) is 20.6 Å². The molecule has 2 fully saturated rings. The maximum atomic E-state index is 13.3.